The maximum absolute atomic E-state index is 11.9. The highest BCUT2D eigenvalue weighted by molar-refractivity contribution is 6.34. The van der Waals surface area contributed by atoms with Crippen molar-refractivity contribution >= 4 is 28.7 Å². The van der Waals surface area contributed by atoms with Crippen LogP contribution in [0.3, 0.4) is 0 Å². The lowest BCUT2D eigenvalue weighted by molar-refractivity contribution is -0.671. The highest BCUT2D eigenvalue weighted by Crippen LogP contribution is 2.51. The van der Waals surface area contributed by atoms with E-state index in [9.17, 15) is 15.0 Å². The lowest BCUT2D eigenvalue weighted by atomic mass is 9.80. The fraction of sp³-hybridized carbons (Fsp3) is 0.375. The molecule has 6 aliphatic rings. The van der Waals surface area contributed by atoms with Crippen LogP contribution in [0.4, 0.5) is 0 Å². The molecule has 0 saturated heterocycles. The second-order valence-electron chi connectivity index (χ2n) is 13.6. The number of aliphatic hydroxyl groups excluding tert-OH is 1. The van der Waals surface area contributed by atoms with E-state index >= 15 is 0 Å². The standard InChI is InChI=1S/C40H42N4O3/c1-8-26-21(4)31-19-33-27(9-2)22(5)38(42-33)37(24-12-14-44(7)15-13-24)39-23(6)28(10-11-35(46)47)40(43-39)30-18-34(45)36-20(3)25(16-29(30)36)17-32(26)41-31/h12-15,17,19,23,28H,8-11,16,18H2,1-7H3,(H,46,47)/p+1/t23-,28-/m0/s1. The first-order valence-corrected chi connectivity index (χ1v) is 16.9. The summed E-state index contributed by atoms with van der Waals surface area (Å²) >= 11 is 0. The van der Waals surface area contributed by atoms with Crippen molar-refractivity contribution in [2.75, 3.05) is 0 Å². The molecule has 7 heteroatoms. The number of fused-ring (bicyclic) bond motifs is 5. The van der Waals surface area contributed by atoms with Gasteiger partial charge in [0, 0.05) is 53.7 Å². The van der Waals surface area contributed by atoms with Crippen molar-refractivity contribution in [2.45, 2.75) is 80.1 Å². The Morgan fingerprint density at radius 3 is 2.26 bits per heavy atom. The number of carbonyl (C=O) groups is 1. The van der Waals surface area contributed by atoms with Crippen molar-refractivity contribution in [3.63, 3.8) is 0 Å². The number of pyridine rings is 1. The van der Waals surface area contributed by atoms with Gasteiger partial charge in [0.25, 0.3) is 0 Å². The van der Waals surface area contributed by atoms with Crippen LogP contribution in [0.5, 0.6) is 0 Å². The number of allylic oxidation sites excluding steroid dienone is 13. The lowest BCUT2D eigenvalue weighted by Gasteiger charge is -2.21. The van der Waals surface area contributed by atoms with Crippen LogP contribution >= 0.6 is 0 Å². The molecule has 5 heterocycles. The lowest BCUT2D eigenvalue weighted by Crippen LogP contribution is -2.26. The predicted octanol–water partition coefficient (Wildman–Crippen LogP) is 8.17. The number of aliphatic hydroxyl groups is 1. The van der Waals surface area contributed by atoms with E-state index in [4.69, 9.17) is 15.0 Å². The smallest absolute Gasteiger partial charge is 0.303 e. The second-order valence-corrected chi connectivity index (χ2v) is 13.6. The molecule has 1 aromatic rings. The molecular formula is C40H43N4O3+. The Bertz CT molecular complexity index is 2020. The first kappa shape index (κ1) is 31.0. The molecule has 0 unspecified atom stereocenters. The molecule has 2 atom stereocenters. The van der Waals surface area contributed by atoms with Gasteiger partial charge in [0.15, 0.2) is 12.4 Å². The fourth-order valence-corrected chi connectivity index (χ4v) is 8.31. The largest absolute Gasteiger partial charge is 0.511 e. The summed E-state index contributed by atoms with van der Waals surface area (Å²) < 4.78 is 2.02. The highest BCUT2D eigenvalue weighted by Gasteiger charge is 2.42. The Hall–Kier alpha value is -4.65. The molecular weight excluding hydrogens is 584 g/mol. The van der Waals surface area contributed by atoms with Crippen LogP contribution in [0.1, 0.15) is 85.6 Å². The molecule has 1 aromatic heterocycles. The number of carboxylic acids is 1. The molecule has 47 heavy (non-hydrogen) atoms. The van der Waals surface area contributed by atoms with Crippen LogP contribution in [-0.2, 0) is 11.8 Å². The number of rotatable bonds is 6. The average Bonchev–Trinajstić information content (AvgIpc) is 3.79. The van der Waals surface area contributed by atoms with Crippen molar-refractivity contribution < 1.29 is 19.6 Å². The first-order valence-electron chi connectivity index (χ1n) is 16.9. The van der Waals surface area contributed by atoms with Crippen LogP contribution in [0.25, 0.3) is 5.57 Å². The van der Waals surface area contributed by atoms with Gasteiger partial charge in [0.05, 0.1) is 28.5 Å². The van der Waals surface area contributed by atoms with Crippen LogP contribution in [-0.4, -0.2) is 33.3 Å². The van der Waals surface area contributed by atoms with E-state index in [1.165, 1.54) is 16.7 Å². The van der Waals surface area contributed by atoms with E-state index in [-0.39, 0.29) is 18.3 Å². The number of aryl methyl sites for hydroxylation is 1. The number of aliphatic imine (C=N–C) groups is 3. The number of hydrogen-bond donors (Lipinski definition) is 2. The average molecular weight is 628 g/mol. The van der Waals surface area contributed by atoms with Crippen molar-refractivity contribution in [3.05, 3.63) is 115 Å². The van der Waals surface area contributed by atoms with Crippen LogP contribution in [0.15, 0.2) is 125 Å². The normalized spacial score (nSPS) is 23.8. The molecule has 0 fully saturated rings. The highest BCUT2D eigenvalue weighted by atomic mass is 16.4. The molecule has 8 bridgehead atoms. The number of carboxylic acid groups (broad SMARTS) is 1. The number of nitrogens with zero attached hydrogens (tertiary/aromatic N) is 4. The Morgan fingerprint density at radius 2 is 1.57 bits per heavy atom. The zero-order valence-electron chi connectivity index (χ0n) is 28.5. The zero-order valence-corrected chi connectivity index (χ0v) is 28.5. The van der Waals surface area contributed by atoms with Gasteiger partial charge in [-0.15, -0.1) is 0 Å². The third kappa shape index (κ3) is 4.90. The summed E-state index contributed by atoms with van der Waals surface area (Å²) in [6.45, 7) is 13.0. The molecule has 2 N–H and O–H groups in total. The summed E-state index contributed by atoms with van der Waals surface area (Å²) in [6, 6.07) is 4.24. The van der Waals surface area contributed by atoms with Gasteiger partial charge in [-0.3, -0.25) is 9.79 Å². The molecule has 0 amide bonds. The second kappa shape index (κ2) is 11.5. The number of aliphatic carboxylic acids is 1. The summed E-state index contributed by atoms with van der Waals surface area (Å²) in [5.41, 5.74) is 17.7. The van der Waals surface area contributed by atoms with Gasteiger partial charge in [-0.05, 0) is 109 Å². The third-order valence-corrected chi connectivity index (χ3v) is 10.9. The van der Waals surface area contributed by atoms with E-state index in [0.717, 1.165) is 91.6 Å². The van der Waals surface area contributed by atoms with E-state index in [1.54, 1.807) is 0 Å². The Labute approximate surface area is 277 Å². The summed E-state index contributed by atoms with van der Waals surface area (Å²) in [4.78, 5) is 28.0. The molecule has 0 spiro atoms. The minimum atomic E-state index is -0.811. The quantitative estimate of drug-likeness (QED) is 0.311. The maximum atomic E-state index is 11.9. The molecule has 4 aliphatic heterocycles. The molecule has 0 radical (unpaired) electrons. The van der Waals surface area contributed by atoms with Gasteiger partial charge in [-0.25, -0.2) is 14.6 Å². The Kier molecular flexibility index (Phi) is 7.61. The van der Waals surface area contributed by atoms with Crippen LogP contribution in [0.2, 0.25) is 0 Å². The molecule has 0 aromatic carbocycles. The predicted molar refractivity (Wildman–Crippen MR) is 187 cm³/mol. The monoisotopic (exact) mass is 627 g/mol. The summed E-state index contributed by atoms with van der Waals surface area (Å²) in [6.07, 6.45) is 11.8. The van der Waals surface area contributed by atoms with Crippen molar-refractivity contribution in [3.8, 4) is 0 Å². The number of hydrogen-bond acceptors (Lipinski definition) is 5. The number of aromatic nitrogens is 1. The van der Waals surface area contributed by atoms with Gasteiger partial charge >= 0.3 is 5.97 Å². The molecule has 7 nitrogen and oxygen atoms in total. The summed E-state index contributed by atoms with van der Waals surface area (Å²) in [7, 11) is 2.01. The van der Waals surface area contributed by atoms with Gasteiger partial charge < -0.3 is 10.2 Å². The minimum absolute atomic E-state index is 0.0494. The Balaban J connectivity index is 1.56. The van der Waals surface area contributed by atoms with E-state index < -0.39 is 5.97 Å². The first-order chi connectivity index (χ1) is 22.5. The molecule has 7 rings (SSSR count). The summed E-state index contributed by atoms with van der Waals surface area (Å²) in [5.74, 6) is -0.588. The van der Waals surface area contributed by atoms with E-state index in [2.05, 4.69) is 65.8 Å². The van der Waals surface area contributed by atoms with Crippen molar-refractivity contribution in [1.29, 1.82) is 0 Å². The van der Waals surface area contributed by atoms with Crippen LogP contribution < -0.4 is 4.57 Å². The van der Waals surface area contributed by atoms with Crippen molar-refractivity contribution in [2.24, 2.45) is 33.9 Å². The van der Waals surface area contributed by atoms with E-state index in [1.807, 2.05) is 24.0 Å². The molecule has 0 saturated carbocycles. The maximum Gasteiger partial charge on any atom is 0.303 e. The Morgan fingerprint density at radius 1 is 0.894 bits per heavy atom. The van der Waals surface area contributed by atoms with Gasteiger partial charge in [0.2, 0.25) is 0 Å². The topological polar surface area (TPSA) is 98.5 Å². The van der Waals surface area contributed by atoms with Gasteiger partial charge in [-0.2, -0.15) is 0 Å². The van der Waals surface area contributed by atoms with Gasteiger partial charge in [-0.1, -0.05) is 20.8 Å². The fourth-order valence-electron chi connectivity index (χ4n) is 8.31. The summed E-state index contributed by atoms with van der Waals surface area (Å²) in [5, 5.41) is 21.2. The SMILES string of the molecule is CCC1=C(C)C2=NC1=CC1=C(C)C3=C(O)CC(=C3C1)C1=NC(=C(c3cc[n+](C)cc3)C3=NC(=C2)C(CC)=C3C)[C@@H](C)[C@@H]1CCC(=O)O. The van der Waals surface area contributed by atoms with E-state index in [0.29, 0.717) is 25.0 Å². The molecule has 240 valence electrons. The minimum Gasteiger partial charge on any atom is -0.511 e. The van der Waals surface area contributed by atoms with Gasteiger partial charge in [0.1, 0.15) is 12.8 Å². The molecule has 2 aliphatic carbocycles. The zero-order chi connectivity index (χ0) is 33.3. The van der Waals surface area contributed by atoms with Crippen molar-refractivity contribution in [1.82, 2.24) is 0 Å². The third-order valence-electron chi connectivity index (χ3n) is 10.9. The van der Waals surface area contributed by atoms with Crippen LogP contribution in [0, 0.1) is 11.8 Å².